The van der Waals surface area contributed by atoms with Gasteiger partial charge in [-0.1, -0.05) is 26.0 Å². The van der Waals surface area contributed by atoms with Crippen LogP contribution in [0.4, 0.5) is 4.39 Å². The highest BCUT2D eigenvalue weighted by Crippen LogP contribution is 2.40. The monoisotopic (exact) mass is 363 g/mol. The zero-order valence-electron chi connectivity index (χ0n) is 15.2. The fraction of sp³-hybridized carbons (Fsp3) is 0.421. The number of benzene rings is 1. The number of hydrogen-bond donors (Lipinski definition) is 1. The Bertz CT molecular complexity index is 739. The zero-order valence-corrected chi connectivity index (χ0v) is 15.2. The van der Waals surface area contributed by atoms with Crippen LogP contribution in [0.15, 0.2) is 35.5 Å². The molecule has 1 aromatic rings. The number of allylic oxidation sites excluding steroid dienone is 1. The number of nitrogens with one attached hydrogen (secondary N) is 1. The molecule has 0 saturated heterocycles. The highest BCUT2D eigenvalue weighted by Gasteiger charge is 2.46. The Kier molecular flexibility index (Phi) is 6.13. The summed E-state index contributed by atoms with van der Waals surface area (Å²) in [5.41, 5.74) is 1.03. The van der Waals surface area contributed by atoms with Gasteiger partial charge in [0, 0.05) is 11.6 Å². The maximum Gasteiger partial charge on any atom is 0.336 e. The third-order valence-corrected chi connectivity index (χ3v) is 4.23. The van der Waals surface area contributed by atoms with Crippen molar-refractivity contribution < 1.29 is 28.2 Å². The Morgan fingerprint density at radius 2 is 1.85 bits per heavy atom. The standard InChI is InChI=1S/C19H22FNO5/c1-5-26-19(24)14-13(11-6-8-12(20)9-7-11)15(18(23)25-4)17(22)21-16(14)10(2)3/h6-10,13,15H,5H2,1-4H3,(H,21,22). The van der Waals surface area contributed by atoms with Crippen LogP contribution in [-0.4, -0.2) is 31.6 Å². The Labute approximate surface area is 151 Å². The van der Waals surface area contributed by atoms with Gasteiger partial charge in [0.15, 0.2) is 0 Å². The van der Waals surface area contributed by atoms with Crippen molar-refractivity contribution in [1.82, 2.24) is 5.32 Å². The topological polar surface area (TPSA) is 81.7 Å². The maximum atomic E-state index is 13.4. The lowest BCUT2D eigenvalue weighted by Crippen LogP contribution is -2.47. The van der Waals surface area contributed by atoms with Gasteiger partial charge in [-0.05, 0) is 30.5 Å². The van der Waals surface area contributed by atoms with E-state index in [9.17, 15) is 18.8 Å². The van der Waals surface area contributed by atoms with Crippen molar-refractivity contribution in [3.05, 3.63) is 46.9 Å². The van der Waals surface area contributed by atoms with Crippen LogP contribution in [0.3, 0.4) is 0 Å². The largest absolute Gasteiger partial charge is 0.468 e. The smallest absolute Gasteiger partial charge is 0.336 e. The molecule has 0 radical (unpaired) electrons. The average Bonchev–Trinajstić information content (AvgIpc) is 2.60. The van der Waals surface area contributed by atoms with Crippen LogP contribution >= 0.6 is 0 Å². The molecule has 1 heterocycles. The number of halogens is 1. The molecule has 1 aliphatic rings. The predicted molar refractivity (Wildman–Crippen MR) is 91.3 cm³/mol. The van der Waals surface area contributed by atoms with Crippen LogP contribution in [0.2, 0.25) is 0 Å². The molecule has 2 unspecified atom stereocenters. The zero-order chi connectivity index (χ0) is 19.4. The van der Waals surface area contributed by atoms with Crippen molar-refractivity contribution in [3.63, 3.8) is 0 Å². The van der Waals surface area contributed by atoms with Gasteiger partial charge in [0.2, 0.25) is 5.91 Å². The molecule has 1 aliphatic heterocycles. The second-order valence-electron chi connectivity index (χ2n) is 6.22. The molecule has 6 nitrogen and oxygen atoms in total. The van der Waals surface area contributed by atoms with Gasteiger partial charge in [-0.25, -0.2) is 9.18 Å². The lowest BCUT2D eigenvalue weighted by molar-refractivity contribution is -0.151. The third kappa shape index (κ3) is 3.76. The number of carbonyl (C=O) groups is 3. The summed E-state index contributed by atoms with van der Waals surface area (Å²) in [6.07, 6.45) is 0. The number of esters is 2. The van der Waals surface area contributed by atoms with Gasteiger partial charge in [-0.3, -0.25) is 9.59 Å². The number of amides is 1. The lowest BCUT2D eigenvalue weighted by Gasteiger charge is -2.34. The number of ether oxygens (including phenoxy) is 2. The molecule has 0 spiro atoms. The first-order valence-electron chi connectivity index (χ1n) is 8.37. The first-order chi connectivity index (χ1) is 12.3. The molecule has 26 heavy (non-hydrogen) atoms. The van der Waals surface area contributed by atoms with Crippen LogP contribution in [0.5, 0.6) is 0 Å². The molecule has 0 fully saturated rings. The number of carbonyl (C=O) groups excluding carboxylic acids is 3. The number of hydrogen-bond acceptors (Lipinski definition) is 5. The minimum atomic E-state index is -1.27. The van der Waals surface area contributed by atoms with Crippen molar-refractivity contribution in [2.24, 2.45) is 11.8 Å². The molecule has 0 saturated carbocycles. The molecular formula is C19H22FNO5. The summed E-state index contributed by atoms with van der Waals surface area (Å²) in [6.45, 7) is 5.43. The van der Waals surface area contributed by atoms with Crippen molar-refractivity contribution in [1.29, 1.82) is 0 Å². The summed E-state index contributed by atoms with van der Waals surface area (Å²) in [4.78, 5) is 37.6. The van der Waals surface area contributed by atoms with Crippen molar-refractivity contribution in [2.45, 2.75) is 26.7 Å². The second kappa shape index (κ2) is 8.12. The van der Waals surface area contributed by atoms with Gasteiger partial charge in [0.05, 0.1) is 19.3 Å². The van der Waals surface area contributed by atoms with Gasteiger partial charge in [0.1, 0.15) is 11.7 Å². The Morgan fingerprint density at radius 3 is 2.35 bits per heavy atom. The summed E-state index contributed by atoms with van der Waals surface area (Å²) in [5, 5.41) is 2.65. The predicted octanol–water partition coefficient (Wildman–Crippen LogP) is 2.30. The molecule has 0 aliphatic carbocycles. The van der Waals surface area contributed by atoms with Gasteiger partial charge >= 0.3 is 11.9 Å². The summed E-state index contributed by atoms with van der Waals surface area (Å²) in [6, 6.07) is 5.33. The Hall–Kier alpha value is -2.70. The fourth-order valence-electron chi connectivity index (χ4n) is 3.06. The highest BCUT2D eigenvalue weighted by atomic mass is 19.1. The van der Waals surface area contributed by atoms with Crippen LogP contribution in [0.1, 0.15) is 32.3 Å². The molecule has 0 bridgehead atoms. The molecule has 2 rings (SSSR count). The molecule has 0 aromatic heterocycles. The van der Waals surface area contributed by atoms with E-state index in [-0.39, 0.29) is 18.1 Å². The van der Waals surface area contributed by atoms with Gasteiger partial charge in [0.25, 0.3) is 0 Å². The SMILES string of the molecule is CCOC(=O)C1=C(C(C)C)NC(=O)C(C(=O)OC)C1c1ccc(F)cc1. The van der Waals surface area contributed by atoms with E-state index in [1.807, 2.05) is 13.8 Å². The van der Waals surface area contributed by atoms with Crippen LogP contribution < -0.4 is 5.32 Å². The summed E-state index contributed by atoms with van der Waals surface area (Å²) < 4.78 is 23.3. The van der Waals surface area contributed by atoms with Gasteiger partial charge in [-0.15, -0.1) is 0 Å². The van der Waals surface area contributed by atoms with E-state index in [0.29, 0.717) is 11.3 Å². The van der Waals surface area contributed by atoms with Crippen LogP contribution in [0.25, 0.3) is 0 Å². The minimum Gasteiger partial charge on any atom is -0.468 e. The van der Waals surface area contributed by atoms with Crippen LogP contribution in [0, 0.1) is 17.7 Å². The quantitative estimate of drug-likeness (QED) is 0.641. The molecule has 140 valence electrons. The number of methoxy groups -OCH3 is 1. The normalized spacial score (nSPS) is 20.0. The molecule has 7 heteroatoms. The van der Waals surface area contributed by atoms with Crippen molar-refractivity contribution >= 4 is 17.8 Å². The minimum absolute atomic E-state index is 0.140. The Morgan fingerprint density at radius 1 is 1.23 bits per heavy atom. The van der Waals surface area contributed by atoms with Crippen LogP contribution in [-0.2, 0) is 23.9 Å². The Balaban J connectivity index is 2.72. The van der Waals surface area contributed by atoms with E-state index >= 15 is 0 Å². The van der Waals surface area contributed by atoms with E-state index in [0.717, 1.165) is 0 Å². The van der Waals surface area contributed by atoms with Crippen molar-refractivity contribution in [3.8, 4) is 0 Å². The van der Waals surface area contributed by atoms with Gasteiger partial charge in [-0.2, -0.15) is 0 Å². The van der Waals surface area contributed by atoms with E-state index in [2.05, 4.69) is 5.32 Å². The second-order valence-corrected chi connectivity index (χ2v) is 6.22. The van der Waals surface area contributed by atoms with E-state index in [4.69, 9.17) is 9.47 Å². The van der Waals surface area contributed by atoms with Gasteiger partial charge < -0.3 is 14.8 Å². The molecule has 2 atom stereocenters. The highest BCUT2D eigenvalue weighted by molar-refractivity contribution is 6.05. The van der Waals surface area contributed by atoms with E-state index < -0.39 is 35.5 Å². The maximum absolute atomic E-state index is 13.4. The van der Waals surface area contributed by atoms with Crippen molar-refractivity contribution in [2.75, 3.05) is 13.7 Å². The third-order valence-electron chi connectivity index (χ3n) is 4.23. The first kappa shape index (κ1) is 19.6. The molecule has 1 aromatic carbocycles. The lowest BCUT2D eigenvalue weighted by atomic mass is 9.75. The molecule has 1 N–H and O–H groups in total. The molecule has 1 amide bonds. The average molecular weight is 363 g/mol. The number of rotatable bonds is 5. The van der Waals surface area contributed by atoms with E-state index in [1.165, 1.54) is 31.4 Å². The summed E-state index contributed by atoms with van der Waals surface area (Å²) in [7, 11) is 1.17. The fourth-order valence-corrected chi connectivity index (χ4v) is 3.06. The summed E-state index contributed by atoms with van der Waals surface area (Å²) >= 11 is 0. The first-order valence-corrected chi connectivity index (χ1v) is 8.37. The molecular weight excluding hydrogens is 341 g/mol. The van der Waals surface area contributed by atoms with E-state index in [1.54, 1.807) is 6.92 Å². The summed E-state index contributed by atoms with van der Waals surface area (Å²) in [5.74, 6) is -4.82.